The second kappa shape index (κ2) is 10.8. The van der Waals surface area contributed by atoms with Crippen LogP contribution in [0.4, 0.5) is 14.5 Å². The zero-order valence-corrected chi connectivity index (χ0v) is 23.3. The van der Waals surface area contributed by atoms with Gasteiger partial charge in [0.15, 0.2) is 11.6 Å². The van der Waals surface area contributed by atoms with Crippen molar-refractivity contribution in [1.29, 1.82) is 0 Å². The van der Waals surface area contributed by atoms with Gasteiger partial charge in [-0.1, -0.05) is 77.5 Å². The van der Waals surface area contributed by atoms with Gasteiger partial charge in [0.1, 0.15) is 0 Å². The van der Waals surface area contributed by atoms with Crippen LogP contribution in [0.5, 0.6) is 0 Å². The van der Waals surface area contributed by atoms with Crippen LogP contribution in [-0.4, -0.2) is 26.9 Å². The van der Waals surface area contributed by atoms with Gasteiger partial charge in [-0.15, -0.1) is 6.58 Å². The molecule has 1 spiro atoms. The second-order valence-corrected chi connectivity index (χ2v) is 14.6. The summed E-state index contributed by atoms with van der Waals surface area (Å²) in [4.78, 5) is 15.4. The zero-order valence-electron chi connectivity index (χ0n) is 21.6. The van der Waals surface area contributed by atoms with Gasteiger partial charge in [-0.05, 0) is 61.9 Å². The van der Waals surface area contributed by atoms with E-state index in [0.29, 0.717) is 19.4 Å². The highest BCUT2D eigenvalue weighted by Crippen LogP contribution is 2.47. The van der Waals surface area contributed by atoms with Crippen molar-refractivity contribution in [2.75, 3.05) is 11.4 Å². The van der Waals surface area contributed by atoms with Crippen molar-refractivity contribution in [3.05, 3.63) is 101 Å². The summed E-state index contributed by atoms with van der Waals surface area (Å²) in [5.41, 5.74) is -0.297. The molecule has 2 aliphatic rings. The van der Waals surface area contributed by atoms with Crippen molar-refractivity contribution in [3.8, 4) is 0 Å². The Morgan fingerprint density at radius 2 is 1.53 bits per heavy atom. The maximum absolute atomic E-state index is 14.0. The Labute approximate surface area is 229 Å². The van der Waals surface area contributed by atoms with Gasteiger partial charge in [-0.25, -0.2) is 8.78 Å². The molecule has 198 valence electrons. The Morgan fingerprint density at radius 3 is 2.08 bits per heavy atom. The number of piperidine rings is 1. The van der Waals surface area contributed by atoms with E-state index in [2.05, 4.69) is 37.8 Å². The van der Waals surface area contributed by atoms with Gasteiger partial charge >= 0.3 is 0 Å². The molecule has 0 unspecified atom stereocenters. The minimum atomic E-state index is -2.76. The molecule has 0 aromatic heterocycles. The van der Waals surface area contributed by atoms with E-state index in [1.807, 2.05) is 36.4 Å². The molecule has 1 saturated heterocycles. The fourth-order valence-corrected chi connectivity index (χ4v) is 10.3. The standard InChI is InChI=1S/C31H32ClF2NO2Si/c1-22(2)38(24-10-5-3-6-11-24,25-12-7-4-8-13-25)37-23-14-17-31(18-15-23)16-9-19-35(30(31)36)29-21-28(34)27(33)20-26(29)32/h3-8,10-13,20-21,23H,1,9,14-19H2,2H3. The lowest BCUT2D eigenvalue weighted by atomic mass is 9.68. The Balaban J connectivity index is 1.40. The molecule has 38 heavy (non-hydrogen) atoms. The van der Waals surface area contributed by atoms with Gasteiger partial charge in [0, 0.05) is 18.7 Å². The number of carbonyl (C=O) groups is 1. The summed E-state index contributed by atoms with van der Waals surface area (Å²) in [6, 6.07) is 22.7. The van der Waals surface area contributed by atoms with Crippen LogP contribution in [-0.2, 0) is 9.22 Å². The first kappa shape index (κ1) is 26.8. The van der Waals surface area contributed by atoms with E-state index in [1.165, 1.54) is 0 Å². The average Bonchev–Trinajstić information content (AvgIpc) is 2.93. The molecule has 0 radical (unpaired) electrons. The lowest BCUT2D eigenvalue weighted by molar-refractivity contribution is -0.133. The molecule has 5 rings (SSSR count). The number of nitrogens with zero attached hydrogens (tertiary/aromatic N) is 1. The van der Waals surface area contributed by atoms with E-state index < -0.39 is 25.4 Å². The molecule has 0 N–H and O–H groups in total. The highest BCUT2D eigenvalue weighted by atomic mass is 35.5. The fourth-order valence-electron chi connectivity index (χ4n) is 6.24. The predicted octanol–water partition coefficient (Wildman–Crippen LogP) is 6.57. The molecule has 1 saturated carbocycles. The first-order valence-corrected chi connectivity index (χ1v) is 15.5. The van der Waals surface area contributed by atoms with Crippen LogP contribution in [0.2, 0.25) is 5.02 Å². The number of rotatable bonds is 6. The topological polar surface area (TPSA) is 29.5 Å². The van der Waals surface area contributed by atoms with Crippen molar-refractivity contribution < 1.29 is 18.0 Å². The third kappa shape index (κ3) is 4.74. The van der Waals surface area contributed by atoms with Crippen LogP contribution in [0.3, 0.4) is 0 Å². The van der Waals surface area contributed by atoms with Gasteiger partial charge in [0.25, 0.3) is 8.32 Å². The first-order chi connectivity index (χ1) is 18.3. The van der Waals surface area contributed by atoms with E-state index in [9.17, 15) is 13.6 Å². The number of anilines is 1. The molecular formula is C31H32ClF2NO2Si. The smallest absolute Gasteiger partial charge is 0.283 e. The number of halogens is 3. The molecule has 1 amide bonds. The lowest BCUT2D eigenvalue weighted by Crippen LogP contribution is -2.64. The van der Waals surface area contributed by atoms with Crippen LogP contribution in [0.15, 0.2) is 84.6 Å². The summed E-state index contributed by atoms with van der Waals surface area (Å²) in [6.07, 6.45) is 4.39. The zero-order chi connectivity index (χ0) is 26.9. The Morgan fingerprint density at radius 1 is 0.974 bits per heavy atom. The highest BCUT2D eigenvalue weighted by molar-refractivity contribution is 7.02. The van der Waals surface area contributed by atoms with Gasteiger partial charge in [0.2, 0.25) is 5.91 Å². The Hall–Kier alpha value is -2.80. The monoisotopic (exact) mass is 551 g/mol. The molecule has 1 aliphatic heterocycles. The normalized spacial score (nSPS) is 22.1. The molecule has 1 heterocycles. The fraction of sp³-hybridized carbons (Fsp3) is 0.323. The predicted molar refractivity (Wildman–Crippen MR) is 151 cm³/mol. The van der Waals surface area contributed by atoms with E-state index in [0.717, 1.165) is 53.4 Å². The quantitative estimate of drug-likeness (QED) is 0.256. The molecule has 2 fully saturated rings. The highest BCUT2D eigenvalue weighted by Gasteiger charge is 2.49. The van der Waals surface area contributed by atoms with Crippen LogP contribution in [0.1, 0.15) is 45.4 Å². The molecule has 3 nitrogen and oxygen atoms in total. The third-order valence-electron chi connectivity index (χ3n) is 8.21. The molecule has 3 aromatic carbocycles. The molecule has 3 aromatic rings. The molecule has 1 aliphatic carbocycles. The van der Waals surface area contributed by atoms with Crippen LogP contribution >= 0.6 is 11.6 Å². The maximum Gasteiger partial charge on any atom is 0.283 e. The summed E-state index contributed by atoms with van der Waals surface area (Å²) < 4.78 is 34.9. The van der Waals surface area contributed by atoms with Crippen LogP contribution < -0.4 is 15.3 Å². The lowest BCUT2D eigenvalue weighted by Gasteiger charge is -2.47. The van der Waals surface area contributed by atoms with Crippen molar-refractivity contribution in [2.45, 2.75) is 51.6 Å². The van der Waals surface area contributed by atoms with E-state index in [1.54, 1.807) is 4.90 Å². The van der Waals surface area contributed by atoms with E-state index >= 15 is 0 Å². The number of benzene rings is 3. The summed E-state index contributed by atoms with van der Waals surface area (Å²) in [5.74, 6) is -2.07. The summed E-state index contributed by atoms with van der Waals surface area (Å²) in [7, 11) is -2.76. The molecular weight excluding hydrogens is 520 g/mol. The van der Waals surface area contributed by atoms with Crippen molar-refractivity contribution in [3.63, 3.8) is 0 Å². The van der Waals surface area contributed by atoms with Gasteiger partial charge in [-0.2, -0.15) is 0 Å². The number of allylic oxidation sites excluding steroid dienone is 1. The van der Waals surface area contributed by atoms with Gasteiger partial charge < -0.3 is 9.33 Å². The molecule has 0 bridgehead atoms. The molecule has 7 heteroatoms. The summed E-state index contributed by atoms with van der Waals surface area (Å²) in [6.45, 7) is 6.92. The number of hydrogen-bond donors (Lipinski definition) is 0. The number of carbonyl (C=O) groups excluding carboxylic acids is 1. The minimum absolute atomic E-state index is 0.0144. The Kier molecular flexibility index (Phi) is 7.58. The molecule has 0 atom stereocenters. The van der Waals surface area contributed by atoms with Gasteiger partial charge in [-0.3, -0.25) is 4.79 Å². The van der Waals surface area contributed by atoms with E-state index in [-0.39, 0.29) is 22.7 Å². The summed E-state index contributed by atoms with van der Waals surface area (Å²) in [5, 5.41) is 3.40. The van der Waals surface area contributed by atoms with E-state index in [4.69, 9.17) is 16.0 Å². The number of amides is 1. The summed E-state index contributed by atoms with van der Waals surface area (Å²) >= 11 is 6.25. The average molecular weight is 552 g/mol. The SMILES string of the molecule is C=C(C)[Si](OC1CCC2(CCCN(c3cc(F)c(F)cc3Cl)C2=O)CC1)(c1ccccc1)c1ccccc1. The first-order valence-electron chi connectivity index (χ1n) is 13.2. The van der Waals surface area contributed by atoms with Crippen molar-refractivity contribution in [1.82, 2.24) is 0 Å². The minimum Gasteiger partial charge on any atom is -0.401 e. The number of hydrogen-bond acceptors (Lipinski definition) is 2. The van der Waals surface area contributed by atoms with Crippen molar-refractivity contribution >= 4 is 41.9 Å². The second-order valence-electron chi connectivity index (χ2n) is 10.6. The maximum atomic E-state index is 14.0. The largest absolute Gasteiger partial charge is 0.401 e. The third-order valence-corrected chi connectivity index (χ3v) is 12.7. The van der Waals surface area contributed by atoms with Gasteiger partial charge in [0.05, 0.1) is 16.1 Å². The van der Waals surface area contributed by atoms with Crippen molar-refractivity contribution in [2.24, 2.45) is 5.41 Å². The van der Waals surface area contributed by atoms with Crippen LogP contribution in [0.25, 0.3) is 0 Å². The Bertz CT molecular complexity index is 1290. The van der Waals surface area contributed by atoms with Crippen LogP contribution in [0, 0.1) is 17.0 Å².